The van der Waals surface area contributed by atoms with E-state index in [4.69, 9.17) is 0 Å². The second-order valence-corrected chi connectivity index (χ2v) is 13.0. The quantitative estimate of drug-likeness (QED) is 0.171. The van der Waals surface area contributed by atoms with Crippen LogP contribution in [0.15, 0.2) is 194 Å². The first-order valence-corrected chi connectivity index (χ1v) is 17.2. The number of benzene rings is 9. The fourth-order valence-corrected chi connectivity index (χ4v) is 7.87. The van der Waals surface area contributed by atoms with Crippen molar-refractivity contribution in [1.29, 1.82) is 0 Å². The van der Waals surface area contributed by atoms with Crippen LogP contribution in [0.25, 0.3) is 70.9 Å². The van der Waals surface area contributed by atoms with Crippen molar-refractivity contribution in [3.05, 3.63) is 194 Å². The zero-order valence-electron chi connectivity index (χ0n) is 27.4. The third-order valence-corrected chi connectivity index (χ3v) is 10.1. The van der Waals surface area contributed by atoms with Gasteiger partial charge in [0, 0.05) is 33.5 Å². The first-order valence-electron chi connectivity index (χ1n) is 17.2. The average Bonchev–Trinajstić information content (AvgIpc) is 3.53. The molecule has 0 N–H and O–H groups in total. The fourth-order valence-electron chi connectivity index (χ4n) is 7.87. The van der Waals surface area contributed by atoms with Crippen LogP contribution in [-0.2, 0) is 0 Å². The van der Waals surface area contributed by atoms with Crippen LogP contribution in [0.5, 0.6) is 0 Å². The number of hydrogen-bond acceptors (Lipinski definition) is 1. The second-order valence-electron chi connectivity index (χ2n) is 13.0. The normalized spacial score (nSPS) is 11.6. The van der Waals surface area contributed by atoms with Gasteiger partial charge in [0.05, 0.1) is 11.0 Å². The minimum atomic E-state index is 1.11. The van der Waals surface area contributed by atoms with Crippen molar-refractivity contribution < 1.29 is 0 Å². The molecule has 1 heterocycles. The third kappa shape index (κ3) is 4.50. The van der Waals surface area contributed by atoms with E-state index in [9.17, 15) is 0 Å². The molecule has 234 valence electrons. The van der Waals surface area contributed by atoms with Gasteiger partial charge in [-0.1, -0.05) is 133 Å². The number of rotatable bonds is 5. The Morgan fingerprint density at radius 3 is 1.38 bits per heavy atom. The van der Waals surface area contributed by atoms with Crippen molar-refractivity contribution in [2.45, 2.75) is 0 Å². The number of aromatic nitrogens is 1. The van der Waals surface area contributed by atoms with Crippen LogP contribution in [0.4, 0.5) is 17.1 Å². The molecule has 0 atom stereocenters. The SMILES string of the molecule is c1ccc(-c2ccc(N(c3ccc4c5ccccc5c5ccccc5c4c3)c3ccc4c(c3)c3ccccc3n4-c3ccccc3)cc2)cc1. The van der Waals surface area contributed by atoms with Crippen LogP contribution in [0.1, 0.15) is 0 Å². The lowest BCUT2D eigenvalue weighted by Gasteiger charge is -2.27. The van der Waals surface area contributed by atoms with Crippen molar-refractivity contribution in [1.82, 2.24) is 4.57 Å². The Morgan fingerprint density at radius 2 is 0.720 bits per heavy atom. The number of nitrogens with zero attached hydrogens (tertiary/aromatic N) is 2. The van der Waals surface area contributed by atoms with Gasteiger partial charge in [0.2, 0.25) is 0 Å². The summed E-state index contributed by atoms with van der Waals surface area (Å²) in [6.45, 7) is 0. The molecule has 10 aromatic rings. The molecule has 0 aliphatic rings. The van der Waals surface area contributed by atoms with Gasteiger partial charge in [-0.15, -0.1) is 0 Å². The number of anilines is 3. The van der Waals surface area contributed by atoms with Gasteiger partial charge in [-0.3, -0.25) is 0 Å². The van der Waals surface area contributed by atoms with E-state index in [0.717, 1.165) is 22.7 Å². The van der Waals surface area contributed by atoms with Crippen LogP contribution >= 0.6 is 0 Å². The molecule has 9 aromatic carbocycles. The summed E-state index contributed by atoms with van der Waals surface area (Å²) in [5.41, 5.74) is 9.32. The summed E-state index contributed by atoms with van der Waals surface area (Å²) in [6.07, 6.45) is 0. The maximum atomic E-state index is 2.41. The lowest BCUT2D eigenvalue weighted by Crippen LogP contribution is -2.10. The molecule has 0 bridgehead atoms. The Hall–Kier alpha value is -6.64. The van der Waals surface area contributed by atoms with Crippen molar-refractivity contribution in [2.24, 2.45) is 0 Å². The molecule has 50 heavy (non-hydrogen) atoms. The number of hydrogen-bond donors (Lipinski definition) is 0. The summed E-state index contributed by atoms with van der Waals surface area (Å²) >= 11 is 0. The zero-order chi connectivity index (χ0) is 33.0. The molecular formula is C48H32N2. The maximum absolute atomic E-state index is 2.41. The van der Waals surface area contributed by atoms with Gasteiger partial charge in [-0.25, -0.2) is 0 Å². The molecular weight excluding hydrogens is 605 g/mol. The smallest absolute Gasteiger partial charge is 0.0542 e. The van der Waals surface area contributed by atoms with E-state index in [1.54, 1.807) is 0 Å². The number of para-hydroxylation sites is 2. The Kier molecular flexibility index (Phi) is 6.53. The van der Waals surface area contributed by atoms with Crippen molar-refractivity contribution >= 4 is 71.2 Å². The predicted molar refractivity (Wildman–Crippen MR) is 213 cm³/mol. The maximum Gasteiger partial charge on any atom is 0.0542 e. The first-order chi connectivity index (χ1) is 24.8. The van der Waals surface area contributed by atoms with Crippen LogP contribution in [0.2, 0.25) is 0 Å². The highest BCUT2D eigenvalue weighted by Crippen LogP contribution is 2.43. The minimum absolute atomic E-state index is 1.11. The molecule has 0 spiro atoms. The molecule has 0 aliphatic heterocycles. The van der Waals surface area contributed by atoms with Gasteiger partial charge in [0.15, 0.2) is 0 Å². The van der Waals surface area contributed by atoms with Crippen LogP contribution in [0, 0.1) is 0 Å². The number of fused-ring (bicyclic) bond motifs is 9. The van der Waals surface area contributed by atoms with Crippen molar-refractivity contribution in [2.75, 3.05) is 4.90 Å². The van der Waals surface area contributed by atoms with E-state index in [0.29, 0.717) is 0 Å². The largest absolute Gasteiger partial charge is 0.310 e. The third-order valence-electron chi connectivity index (χ3n) is 10.1. The lowest BCUT2D eigenvalue weighted by molar-refractivity contribution is 1.18. The van der Waals surface area contributed by atoms with Gasteiger partial charge < -0.3 is 9.47 Å². The molecule has 0 saturated heterocycles. The van der Waals surface area contributed by atoms with Gasteiger partial charge in [0.25, 0.3) is 0 Å². The molecule has 0 amide bonds. The zero-order valence-corrected chi connectivity index (χ0v) is 27.4. The van der Waals surface area contributed by atoms with Gasteiger partial charge in [0.1, 0.15) is 0 Å². The van der Waals surface area contributed by atoms with Crippen LogP contribution < -0.4 is 4.90 Å². The highest BCUT2D eigenvalue weighted by Gasteiger charge is 2.19. The van der Waals surface area contributed by atoms with E-state index < -0.39 is 0 Å². The van der Waals surface area contributed by atoms with Crippen LogP contribution in [0.3, 0.4) is 0 Å². The predicted octanol–water partition coefficient (Wildman–Crippen LogP) is 13.4. The highest BCUT2D eigenvalue weighted by molar-refractivity contribution is 6.25. The molecule has 0 aliphatic carbocycles. The summed E-state index contributed by atoms with van der Waals surface area (Å²) in [4.78, 5) is 2.41. The lowest BCUT2D eigenvalue weighted by atomic mass is 9.94. The van der Waals surface area contributed by atoms with E-state index in [1.165, 1.54) is 65.3 Å². The van der Waals surface area contributed by atoms with Gasteiger partial charge in [-0.05, 0) is 104 Å². The topological polar surface area (TPSA) is 8.17 Å². The Bertz CT molecular complexity index is 2810. The summed E-state index contributed by atoms with van der Waals surface area (Å²) in [6, 6.07) is 70.5. The van der Waals surface area contributed by atoms with Crippen molar-refractivity contribution in [3.63, 3.8) is 0 Å². The van der Waals surface area contributed by atoms with Gasteiger partial charge >= 0.3 is 0 Å². The molecule has 0 radical (unpaired) electrons. The Balaban J connectivity index is 1.22. The van der Waals surface area contributed by atoms with E-state index >= 15 is 0 Å². The minimum Gasteiger partial charge on any atom is -0.310 e. The molecule has 0 fully saturated rings. The summed E-state index contributed by atoms with van der Waals surface area (Å²) < 4.78 is 2.38. The Morgan fingerprint density at radius 1 is 0.280 bits per heavy atom. The Labute approximate surface area is 290 Å². The fraction of sp³-hybridized carbons (Fsp3) is 0. The molecule has 10 rings (SSSR count). The monoisotopic (exact) mass is 636 g/mol. The second kappa shape index (κ2) is 11.5. The summed E-state index contributed by atoms with van der Waals surface area (Å²) in [5, 5.41) is 10.1. The summed E-state index contributed by atoms with van der Waals surface area (Å²) in [5.74, 6) is 0. The summed E-state index contributed by atoms with van der Waals surface area (Å²) in [7, 11) is 0. The van der Waals surface area contributed by atoms with E-state index in [2.05, 4.69) is 204 Å². The van der Waals surface area contributed by atoms with Crippen LogP contribution in [-0.4, -0.2) is 4.57 Å². The molecule has 1 aromatic heterocycles. The standard InChI is InChI=1S/C48H32N2/c1-3-13-33(14-4-1)34-23-25-36(26-24-34)49(37-27-29-43-41-19-8-7-17-39(41)40-18-9-10-20-42(40)45(43)31-37)38-28-30-48-46(32-38)44-21-11-12-22-47(44)50(48)35-15-5-2-6-16-35/h1-32H. The van der Waals surface area contributed by atoms with E-state index in [1.807, 2.05) is 0 Å². The average molecular weight is 637 g/mol. The molecule has 0 unspecified atom stereocenters. The molecule has 2 heteroatoms. The first kappa shape index (κ1) is 28.4. The molecule has 2 nitrogen and oxygen atoms in total. The highest BCUT2D eigenvalue weighted by atomic mass is 15.1. The van der Waals surface area contributed by atoms with E-state index in [-0.39, 0.29) is 0 Å². The van der Waals surface area contributed by atoms with Gasteiger partial charge in [-0.2, -0.15) is 0 Å². The molecule has 0 saturated carbocycles. The van der Waals surface area contributed by atoms with Crippen molar-refractivity contribution in [3.8, 4) is 16.8 Å².